The van der Waals surface area contributed by atoms with E-state index in [4.69, 9.17) is 4.74 Å². The number of ether oxygens (including phenoxy) is 1. The number of carbonyl (C=O) groups excluding carboxylic acids is 1. The Labute approximate surface area is 123 Å². The molecule has 1 atom stereocenters. The molecule has 1 aliphatic heterocycles. The first-order valence-corrected chi connectivity index (χ1v) is 6.96. The molecule has 0 aliphatic carbocycles. The number of nitro benzene ring substituents is 1. The number of nitrogens with one attached hydrogen (secondary N) is 1. The van der Waals surface area contributed by atoms with E-state index in [-0.39, 0.29) is 36.4 Å². The molecule has 0 radical (unpaired) electrons. The van der Waals surface area contributed by atoms with E-state index in [1.54, 1.807) is 12.1 Å². The van der Waals surface area contributed by atoms with Gasteiger partial charge in [-0.05, 0) is 13.0 Å². The van der Waals surface area contributed by atoms with Crippen molar-refractivity contribution in [1.82, 2.24) is 10.2 Å². The molecule has 1 saturated heterocycles. The van der Waals surface area contributed by atoms with Crippen LogP contribution in [-0.2, 0) is 4.79 Å². The number of hydrogen-bond acceptors (Lipinski definition) is 5. The molecular weight excluding hydrogens is 274 g/mol. The van der Waals surface area contributed by atoms with Crippen molar-refractivity contribution in [2.24, 2.45) is 0 Å². The predicted molar refractivity (Wildman–Crippen MR) is 77.3 cm³/mol. The van der Waals surface area contributed by atoms with E-state index in [1.807, 2.05) is 11.8 Å². The molecule has 2 rings (SSSR count). The summed E-state index contributed by atoms with van der Waals surface area (Å²) in [6, 6.07) is 6.34. The van der Waals surface area contributed by atoms with Crippen molar-refractivity contribution < 1.29 is 14.5 Å². The fraction of sp³-hybridized carbons (Fsp3) is 0.500. The third-order valence-corrected chi connectivity index (χ3v) is 3.46. The van der Waals surface area contributed by atoms with Crippen molar-refractivity contribution in [3.63, 3.8) is 0 Å². The van der Waals surface area contributed by atoms with Crippen LogP contribution in [0.3, 0.4) is 0 Å². The van der Waals surface area contributed by atoms with Gasteiger partial charge in [-0.15, -0.1) is 0 Å². The summed E-state index contributed by atoms with van der Waals surface area (Å²) in [5.41, 5.74) is -0.0829. The molecular formula is C14H19N3O4. The second-order valence-corrected chi connectivity index (χ2v) is 4.96. The maximum Gasteiger partial charge on any atom is 0.310 e. The SMILES string of the molecule is C[C@@H]1CNCCN1C(=O)CCOc1ccccc1[N+](=O)[O-]. The lowest BCUT2D eigenvalue weighted by atomic mass is 10.2. The third-order valence-electron chi connectivity index (χ3n) is 3.46. The number of carbonyl (C=O) groups is 1. The molecule has 21 heavy (non-hydrogen) atoms. The lowest BCUT2D eigenvalue weighted by Gasteiger charge is -2.34. The summed E-state index contributed by atoms with van der Waals surface area (Å²) in [5.74, 6) is 0.214. The minimum absolute atomic E-state index is 0.0163. The summed E-state index contributed by atoms with van der Waals surface area (Å²) < 4.78 is 5.39. The lowest BCUT2D eigenvalue weighted by molar-refractivity contribution is -0.385. The van der Waals surface area contributed by atoms with Crippen LogP contribution in [0.5, 0.6) is 5.75 Å². The Morgan fingerprint density at radius 3 is 3.00 bits per heavy atom. The molecule has 0 bridgehead atoms. The van der Waals surface area contributed by atoms with Crippen LogP contribution in [0, 0.1) is 10.1 Å². The molecule has 0 aromatic heterocycles. The number of rotatable bonds is 5. The quantitative estimate of drug-likeness (QED) is 0.651. The Hall–Kier alpha value is -2.15. The summed E-state index contributed by atoms with van der Waals surface area (Å²) in [6.07, 6.45) is 0.219. The molecule has 114 valence electrons. The Balaban J connectivity index is 1.87. The Morgan fingerprint density at radius 2 is 2.29 bits per heavy atom. The van der Waals surface area contributed by atoms with E-state index in [0.29, 0.717) is 6.54 Å². The third kappa shape index (κ3) is 3.91. The zero-order valence-electron chi connectivity index (χ0n) is 11.9. The van der Waals surface area contributed by atoms with Gasteiger partial charge in [-0.1, -0.05) is 12.1 Å². The molecule has 7 nitrogen and oxygen atoms in total. The number of piperazine rings is 1. The second kappa shape index (κ2) is 7.03. The molecule has 1 fully saturated rings. The van der Waals surface area contributed by atoms with Crippen molar-refractivity contribution >= 4 is 11.6 Å². The summed E-state index contributed by atoms with van der Waals surface area (Å²) >= 11 is 0. The monoisotopic (exact) mass is 293 g/mol. The maximum atomic E-state index is 12.1. The smallest absolute Gasteiger partial charge is 0.310 e. The van der Waals surface area contributed by atoms with Gasteiger partial charge in [-0.2, -0.15) is 0 Å². The number of nitrogens with zero attached hydrogens (tertiary/aromatic N) is 2. The highest BCUT2D eigenvalue weighted by Gasteiger charge is 2.23. The van der Waals surface area contributed by atoms with E-state index >= 15 is 0 Å². The maximum absolute atomic E-state index is 12.1. The fourth-order valence-electron chi connectivity index (χ4n) is 2.33. The molecule has 0 saturated carbocycles. The molecule has 1 heterocycles. The van der Waals surface area contributed by atoms with Gasteiger partial charge in [-0.3, -0.25) is 14.9 Å². The standard InChI is InChI=1S/C14H19N3O4/c1-11-10-15-7-8-16(11)14(18)6-9-21-13-5-3-2-4-12(13)17(19)20/h2-5,11,15H,6-10H2,1H3/t11-/m1/s1. The van der Waals surface area contributed by atoms with E-state index in [1.165, 1.54) is 12.1 Å². The Kier molecular flexibility index (Phi) is 5.10. The highest BCUT2D eigenvalue weighted by atomic mass is 16.6. The van der Waals surface area contributed by atoms with Crippen LogP contribution < -0.4 is 10.1 Å². The van der Waals surface area contributed by atoms with E-state index in [0.717, 1.165) is 13.1 Å². The summed E-state index contributed by atoms with van der Waals surface area (Å²) in [5, 5.41) is 14.1. The molecule has 0 unspecified atom stereocenters. The van der Waals surface area contributed by atoms with E-state index < -0.39 is 4.92 Å². The van der Waals surface area contributed by atoms with Crippen molar-refractivity contribution in [3.05, 3.63) is 34.4 Å². The highest BCUT2D eigenvalue weighted by Crippen LogP contribution is 2.25. The molecule has 1 aromatic carbocycles. The first-order valence-electron chi connectivity index (χ1n) is 6.96. The number of para-hydroxylation sites is 2. The van der Waals surface area contributed by atoms with Gasteiger partial charge in [0.05, 0.1) is 18.0 Å². The minimum atomic E-state index is -0.491. The van der Waals surface area contributed by atoms with Crippen molar-refractivity contribution in [2.75, 3.05) is 26.2 Å². The first-order chi connectivity index (χ1) is 10.1. The Morgan fingerprint density at radius 1 is 1.52 bits per heavy atom. The van der Waals surface area contributed by atoms with Gasteiger partial charge in [0, 0.05) is 31.7 Å². The average molecular weight is 293 g/mol. The van der Waals surface area contributed by atoms with Gasteiger partial charge >= 0.3 is 5.69 Å². The molecule has 1 amide bonds. The molecule has 1 N–H and O–H groups in total. The molecule has 1 aliphatic rings. The zero-order chi connectivity index (χ0) is 15.2. The highest BCUT2D eigenvalue weighted by molar-refractivity contribution is 5.76. The van der Waals surface area contributed by atoms with Crippen LogP contribution >= 0.6 is 0 Å². The minimum Gasteiger partial charge on any atom is -0.486 e. The van der Waals surface area contributed by atoms with E-state index in [2.05, 4.69) is 5.32 Å². The van der Waals surface area contributed by atoms with Crippen LogP contribution in [0.2, 0.25) is 0 Å². The zero-order valence-corrected chi connectivity index (χ0v) is 11.9. The predicted octanol–water partition coefficient (Wildman–Crippen LogP) is 1.18. The summed E-state index contributed by atoms with van der Waals surface area (Å²) in [7, 11) is 0. The van der Waals surface area contributed by atoms with Crippen LogP contribution in [0.4, 0.5) is 5.69 Å². The van der Waals surface area contributed by atoms with Crippen LogP contribution in [0.25, 0.3) is 0 Å². The molecule has 7 heteroatoms. The second-order valence-electron chi connectivity index (χ2n) is 4.96. The van der Waals surface area contributed by atoms with Crippen molar-refractivity contribution in [2.45, 2.75) is 19.4 Å². The molecule has 1 aromatic rings. The normalized spacial score (nSPS) is 18.3. The topological polar surface area (TPSA) is 84.7 Å². The largest absolute Gasteiger partial charge is 0.486 e. The van der Waals surface area contributed by atoms with Gasteiger partial charge in [0.1, 0.15) is 0 Å². The van der Waals surface area contributed by atoms with E-state index in [9.17, 15) is 14.9 Å². The molecule has 0 spiro atoms. The van der Waals surface area contributed by atoms with Crippen LogP contribution in [-0.4, -0.2) is 48.0 Å². The van der Waals surface area contributed by atoms with Crippen molar-refractivity contribution in [3.8, 4) is 5.75 Å². The number of hydrogen-bond donors (Lipinski definition) is 1. The first kappa shape index (κ1) is 15.2. The van der Waals surface area contributed by atoms with Gasteiger partial charge < -0.3 is 15.0 Å². The average Bonchev–Trinajstić information content (AvgIpc) is 2.48. The van der Waals surface area contributed by atoms with Crippen LogP contribution in [0.15, 0.2) is 24.3 Å². The lowest BCUT2D eigenvalue weighted by Crippen LogP contribution is -2.52. The van der Waals surface area contributed by atoms with Gasteiger partial charge in [-0.25, -0.2) is 0 Å². The van der Waals surface area contributed by atoms with Gasteiger partial charge in [0.15, 0.2) is 5.75 Å². The number of nitro groups is 1. The van der Waals surface area contributed by atoms with Crippen molar-refractivity contribution in [1.29, 1.82) is 0 Å². The summed E-state index contributed by atoms with van der Waals surface area (Å²) in [6.45, 7) is 4.40. The van der Waals surface area contributed by atoms with Gasteiger partial charge in [0.2, 0.25) is 5.91 Å². The Bertz CT molecular complexity index is 521. The van der Waals surface area contributed by atoms with Crippen LogP contribution in [0.1, 0.15) is 13.3 Å². The number of benzene rings is 1. The van der Waals surface area contributed by atoms with Gasteiger partial charge in [0.25, 0.3) is 0 Å². The number of amides is 1. The fourth-order valence-corrected chi connectivity index (χ4v) is 2.33. The summed E-state index contributed by atoms with van der Waals surface area (Å²) in [4.78, 5) is 24.3.